The number of nitrogen functional groups attached to an aromatic ring is 1. The second-order valence-electron chi connectivity index (χ2n) is 4.24. The Hall–Kier alpha value is -1.23. The quantitative estimate of drug-likeness (QED) is 0.738. The monoisotopic (exact) mass is 210 g/mol. The van der Waals surface area contributed by atoms with E-state index in [1.165, 1.54) is 0 Å². The molecule has 0 aromatic carbocycles. The minimum Gasteiger partial charge on any atom is -0.394 e. The molecule has 5 heteroatoms. The van der Waals surface area contributed by atoms with Crippen molar-refractivity contribution in [1.29, 1.82) is 0 Å². The predicted molar refractivity (Wildman–Crippen MR) is 59.8 cm³/mol. The van der Waals surface area contributed by atoms with Gasteiger partial charge < -0.3 is 15.4 Å². The number of hydrogen-bond donors (Lipinski definition) is 1. The van der Waals surface area contributed by atoms with Gasteiger partial charge in [0.1, 0.15) is 0 Å². The largest absolute Gasteiger partial charge is 0.394 e. The molecule has 2 heterocycles. The van der Waals surface area contributed by atoms with Gasteiger partial charge >= 0.3 is 0 Å². The van der Waals surface area contributed by atoms with Gasteiger partial charge in [0.15, 0.2) is 5.82 Å². The molecule has 2 rings (SSSR count). The van der Waals surface area contributed by atoms with E-state index in [0.29, 0.717) is 0 Å². The van der Waals surface area contributed by atoms with Gasteiger partial charge in [0.2, 0.25) is 0 Å². The summed E-state index contributed by atoms with van der Waals surface area (Å²) < 4.78 is 7.41. The van der Waals surface area contributed by atoms with Crippen LogP contribution in [0.2, 0.25) is 0 Å². The second-order valence-corrected chi connectivity index (χ2v) is 4.24. The van der Waals surface area contributed by atoms with Crippen LogP contribution < -0.4 is 10.6 Å². The molecule has 0 bridgehead atoms. The van der Waals surface area contributed by atoms with E-state index >= 15 is 0 Å². The van der Waals surface area contributed by atoms with Crippen molar-refractivity contribution in [3.63, 3.8) is 0 Å². The van der Waals surface area contributed by atoms with E-state index in [9.17, 15) is 0 Å². The lowest BCUT2D eigenvalue weighted by molar-refractivity contribution is -0.00544. The molecular formula is C10H18N4O. The molecule has 1 aromatic heterocycles. The highest BCUT2D eigenvalue weighted by Crippen LogP contribution is 2.23. The molecule has 1 fully saturated rings. The molecular weight excluding hydrogens is 192 g/mol. The zero-order valence-electron chi connectivity index (χ0n) is 9.47. The SMILES string of the molecule is CC1CN(c2nn(C)cc2N)CC(C)O1. The Kier molecular flexibility index (Phi) is 2.56. The molecule has 0 aliphatic carbocycles. The summed E-state index contributed by atoms with van der Waals surface area (Å²) in [6.07, 6.45) is 2.30. The van der Waals surface area contributed by atoms with E-state index in [1.54, 1.807) is 4.68 Å². The smallest absolute Gasteiger partial charge is 0.174 e. The van der Waals surface area contributed by atoms with Crippen molar-refractivity contribution in [3.8, 4) is 0 Å². The third kappa shape index (κ3) is 2.07. The Morgan fingerprint density at radius 3 is 2.47 bits per heavy atom. The Balaban J connectivity index is 2.19. The third-order valence-corrected chi connectivity index (χ3v) is 2.56. The summed E-state index contributed by atoms with van der Waals surface area (Å²) in [5.74, 6) is 0.875. The molecule has 0 amide bonds. The van der Waals surface area contributed by atoms with Crippen molar-refractivity contribution in [2.24, 2.45) is 7.05 Å². The molecule has 0 saturated carbocycles. The summed E-state index contributed by atoms with van der Waals surface area (Å²) in [5, 5.41) is 4.36. The van der Waals surface area contributed by atoms with Crippen LogP contribution in [0.15, 0.2) is 6.20 Å². The highest BCUT2D eigenvalue weighted by Gasteiger charge is 2.25. The van der Waals surface area contributed by atoms with Crippen molar-refractivity contribution < 1.29 is 4.74 Å². The van der Waals surface area contributed by atoms with Gasteiger partial charge in [-0.3, -0.25) is 4.68 Å². The first-order valence-electron chi connectivity index (χ1n) is 5.26. The van der Waals surface area contributed by atoms with E-state index in [1.807, 2.05) is 13.2 Å². The van der Waals surface area contributed by atoms with Gasteiger partial charge in [-0.25, -0.2) is 0 Å². The minimum absolute atomic E-state index is 0.232. The summed E-state index contributed by atoms with van der Waals surface area (Å²) in [7, 11) is 1.88. The first kappa shape index (κ1) is 10.3. The summed E-state index contributed by atoms with van der Waals surface area (Å²) in [6.45, 7) is 5.85. The highest BCUT2D eigenvalue weighted by molar-refractivity contribution is 5.62. The topological polar surface area (TPSA) is 56.3 Å². The van der Waals surface area contributed by atoms with Crippen molar-refractivity contribution in [2.75, 3.05) is 23.7 Å². The molecule has 1 aliphatic heterocycles. The fourth-order valence-electron chi connectivity index (χ4n) is 2.09. The van der Waals surface area contributed by atoms with Gasteiger partial charge in [0.05, 0.1) is 17.9 Å². The molecule has 84 valence electrons. The summed E-state index contributed by atoms with van der Waals surface area (Å²) in [4.78, 5) is 2.19. The van der Waals surface area contributed by atoms with E-state index < -0.39 is 0 Å². The molecule has 1 saturated heterocycles. The fourth-order valence-corrected chi connectivity index (χ4v) is 2.09. The van der Waals surface area contributed by atoms with Crippen molar-refractivity contribution >= 4 is 11.5 Å². The molecule has 0 spiro atoms. The van der Waals surface area contributed by atoms with E-state index in [2.05, 4.69) is 23.8 Å². The van der Waals surface area contributed by atoms with Crippen LogP contribution in [0.1, 0.15) is 13.8 Å². The second kappa shape index (κ2) is 3.73. The number of nitrogens with zero attached hydrogens (tertiary/aromatic N) is 3. The average Bonchev–Trinajstić information content (AvgIpc) is 2.43. The van der Waals surface area contributed by atoms with Crippen LogP contribution in [0.5, 0.6) is 0 Å². The van der Waals surface area contributed by atoms with Gasteiger partial charge in [0, 0.05) is 26.3 Å². The van der Waals surface area contributed by atoms with Crippen LogP contribution in [-0.2, 0) is 11.8 Å². The fraction of sp³-hybridized carbons (Fsp3) is 0.700. The van der Waals surface area contributed by atoms with Gasteiger partial charge in [-0.2, -0.15) is 5.10 Å². The van der Waals surface area contributed by atoms with E-state index in [-0.39, 0.29) is 12.2 Å². The third-order valence-electron chi connectivity index (χ3n) is 2.56. The average molecular weight is 210 g/mol. The Labute approximate surface area is 89.8 Å². The standard InChI is InChI=1S/C10H18N4O/c1-7-4-14(5-8(2)15-7)10-9(11)6-13(3)12-10/h6-8H,4-5,11H2,1-3H3. The van der Waals surface area contributed by atoms with Crippen LogP contribution in [0.3, 0.4) is 0 Å². The zero-order valence-corrected chi connectivity index (χ0v) is 9.47. The number of aryl methyl sites for hydroxylation is 1. The summed E-state index contributed by atoms with van der Waals surface area (Å²) in [5.41, 5.74) is 6.63. The van der Waals surface area contributed by atoms with Crippen LogP contribution in [-0.4, -0.2) is 35.1 Å². The van der Waals surface area contributed by atoms with Crippen LogP contribution in [0, 0.1) is 0 Å². The van der Waals surface area contributed by atoms with Gasteiger partial charge in [0.25, 0.3) is 0 Å². The molecule has 1 aliphatic rings. The Morgan fingerprint density at radius 1 is 1.40 bits per heavy atom. The summed E-state index contributed by atoms with van der Waals surface area (Å²) in [6, 6.07) is 0. The lowest BCUT2D eigenvalue weighted by atomic mass is 10.2. The van der Waals surface area contributed by atoms with Gasteiger partial charge in [-0.05, 0) is 13.8 Å². The number of aromatic nitrogens is 2. The lowest BCUT2D eigenvalue weighted by Gasteiger charge is -2.35. The molecule has 5 nitrogen and oxygen atoms in total. The molecule has 1 aromatic rings. The van der Waals surface area contributed by atoms with Crippen molar-refractivity contribution in [2.45, 2.75) is 26.1 Å². The number of nitrogens with two attached hydrogens (primary N) is 1. The van der Waals surface area contributed by atoms with E-state index in [4.69, 9.17) is 10.5 Å². The molecule has 2 unspecified atom stereocenters. The van der Waals surface area contributed by atoms with Gasteiger partial charge in [-0.1, -0.05) is 0 Å². The first-order valence-corrected chi connectivity index (χ1v) is 5.26. The number of hydrogen-bond acceptors (Lipinski definition) is 4. The maximum absolute atomic E-state index is 5.90. The number of morpholine rings is 1. The predicted octanol–water partition coefficient (Wildman–Crippen LogP) is 0.616. The van der Waals surface area contributed by atoms with Crippen LogP contribution >= 0.6 is 0 Å². The lowest BCUT2D eigenvalue weighted by Crippen LogP contribution is -2.45. The molecule has 15 heavy (non-hydrogen) atoms. The summed E-state index contributed by atoms with van der Waals surface area (Å²) >= 11 is 0. The molecule has 2 N–H and O–H groups in total. The number of anilines is 2. The normalized spacial score (nSPS) is 27.0. The maximum atomic E-state index is 5.90. The van der Waals surface area contributed by atoms with Crippen LogP contribution in [0.25, 0.3) is 0 Å². The zero-order chi connectivity index (χ0) is 11.0. The Bertz CT molecular complexity index is 339. The maximum Gasteiger partial charge on any atom is 0.174 e. The first-order chi connectivity index (χ1) is 7.06. The minimum atomic E-state index is 0.232. The van der Waals surface area contributed by atoms with E-state index in [0.717, 1.165) is 24.6 Å². The van der Waals surface area contributed by atoms with Crippen molar-refractivity contribution in [3.05, 3.63) is 6.20 Å². The number of rotatable bonds is 1. The van der Waals surface area contributed by atoms with Gasteiger partial charge in [-0.15, -0.1) is 0 Å². The van der Waals surface area contributed by atoms with Crippen LogP contribution in [0.4, 0.5) is 11.5 Å². The highest BCUT2D eigenvalue weighted by atomic mass is 16.5. The Morgan fingerprint density at radius 2 is 2.00 bits per heavy atom. The van der Waals surface area contributed by atoms with Crippen molar-refractivity contribution in [1.82, 2.24) is 9.78 Å². The number of ether oxygens (including phenoxy) is 1. The molecule has 0 radical (unpaired) electrons. The molecule has 2 atom stereocenters.